The lowest BCUT2D eigenvalue weighted by Crippen LogP contribution is -2.00. The zero-order valence-electron chi connectivity index (χ0n) is 13.5. The van der Waals surface area contributed by atoms with E-state index in [0.717, 1.165) is 40.0 Å². The van der Waals surface area contributed by atoms with Crippen LogP contribution in [-0.2, 0) is 6.54 Å². The third-order valence-electron chi connectivity index (χ3n) is 4.94. The second-order valence-electron chi connectivity index (χ2n) is 6.80. The molecule has 2 aromatic heterocycles. The van der Waals surface area contributed by atoms with Crippen LogP contribution in [0.25, 0.3) is 33.1 Å². The molecule has 124 valence electrons. The van der Waals surface area contributed by atoms with E-state index in [4.69, 9.17) is 16.6 Å². The minimum atomic E-state index is -0.265. The summed E-state index contributed by atoms with van der Waals surface area (Å²) >= 11 is 6.05. The van der Waals surface area contributed by atoms with Crippen molar-refractivity contribution >= 4 is 33.4 Å². The Morgan fingerprint density at radius 1 is 1.04 bits per heavy atom. The van der Waals surface area contributed by atoms with Gasteiger partial charge in [-0.3, -0.25) is 0 Å². The number of rotatable bonds is 3. The van der Waals surface area contributed by atoms with Crippen LogP contribution in [0.4, 0.5) is 4.39 Å². The van der Waals surface area contributed by atoms with Crippen molar-refractivity contribution in [3.63, 3.8) is 0 Å². The molecule has 0 amide bonds. The fourth-order valence-electron chi connectivity index (χ4n) is 3.49. The van der Waals surface area contributed by atoms with Gasteiger partial charge in [-0.05, 0) is 49.1 Å². The molecule has 4 aromatic rings. The molecule has 4 heteroatoms. The van der Waals surface area contributed by atoms with Gasteiger partial charge in [0.15, 0.2) is 0 Å². The molecule has 1 aliphatic rings. The maximum absolute atomic E-state index is 13.7. The number of nitrogens with zero attached hydrogens (tertiary/aromatic N) is 2. The third kappa shape index (κ3) is 2.59. The van der Waals surface area contributed by atoms with Crippen molar-refractivity contribution in [3.05, 3.63) is 65.6 Å². The van der Waals surface area contributed by atoms with Gasteiger partial charge in [0.25, 0.3) is 0 Å². The highest BCUT2D eigenvalue weighted by atomic mass is 35.5. The van der Waals surface area contributed by atoms with Gasteiger partial charge in [0.2, 0.25) is 0 Å². The Labute approximate surface area is 149 Å². The highest BCUT2D eigenvalue weighted by Crippen LogP contribution is 2.37. The monoisotopic (exact) mass is 350 g/mol. The average molecular weight is 351 g/mol. The van der Waals surface area contributed by atoms with Gasteiger partial charge in [-0.1, -0.05) is 23.7 Å². The zero-order chi connectivity index (χ0) is 17.0. The molecule has 0 radical (unpaired) electrons. The molecule has 2 heterocycles. The van der Waals surface area contributed by atoms with E-state index in [0.29, 0.717) is 10.5 Å². The zero-order valence-corrected chi connectivity index (χ0v) is 14.3. The highest BCUT2D eigenvalue weighted by molar-refractivity contribution is 6.30. The SMILES string of the molecule is Fc1ccc2c(c1)nc(-c1ccc(Cl)cc1)c1c2ccn1CC1CC1. The predicted molar refractivity (Wildman–Crippen MR) is 100 cm³/mol. The van der Waals surface area contributed by atoms with Crippen molar-refractivity contribution in [1.29, 1.82) is 0 Å². The second-order valence-corrected chi connectivity index (χ2v) is 7.24. The maximum atomic E-state index is 13.7. The number of aromatic nitrogens is 2. The Hall–Kier alpha value is -2.39. The van der Waals surface area contributed by atoms with Crippen LogP contribution in [-0.4, -0.2) is 9.55 Å². The van der Waals surface area contributed by atoms with Gasteiger partial charge < -0.3 is 4.57 Å². The van der Waals surface area contributed by atoms with Gasteiger partial charge in [0, 0.05) is 40.2 Å². The Bertz CT molecular complexity index is 1090. The fourth-order valence-corrected chi connectivity index (χ4v) is 3.62. The lowest BCUT2D eigenvalue weighted by Gasteiger charge is -2.11. The number of pyridine rings is 1. The third-order valence-corrected chi connectivity index (χ3v) is 5.19. The van der Waals surface area contributed by atoms with E-state index >= 15 is 0 Å². The first-order chi connectivity index (χ1) is 12.2. The normalized spacial score (nSPS) is 14.5. The Morgan fingerprint density at radius 2 is 1.84 bits per heavy atom. The summed E-state index contributed by atoms with van der Waals surface area (Å²) in [7, 11) is 0. The van der Waals surface area contributed by atoms with Gasteiger partial charge in [-0.15, -0.1) is 0 Å². The molecule has 25 heavy (non-hydrogen) atoms. The molecule has 2 nitrogen and oxygen atoms in total. The molecule has 1 fully saturated rings. The number of halogens is 2. The van der Waals surface area contributed by atoms with Crippen LogP contribution in [0.5, 0.6) is 0 Å². The van der Waals surface area contributed by atoms with Crippen LogP contribution in [0.3, 0.4) is 0 Å². The van der Waals surface area contributed by atoms with E-state index in [2.05, 4.69) is 16.8 Å². The average Bonchev–Trinajstić information content (AvgIpc) is 3.33. The summed E-state index contributed by atoms with van der Waals surface area (Å²) < 4.78 is 16.0. The Balaban J connectivity index is 1.84. The van der Waals surface area contributed by atoms with E-state index in [1.165, 1.54) is 25.0 Å². The lowest BCUT2D eigenvalue weighted by molar-refractivity contribution is 0.629. The summed E-state index contributed by atoms with van der Waals surface area (Å²) in [5.74, 6) is 0.497. The molecule has 0 atom stereocenters. The van der Waals surface area contributed by atoms with Crippen molar-refractivity contribution in [2.75, 3.05) is 0 Å². The molecule has 0 bridgehead atoms. The van der Waals surface area contributed by atoms with Crippen LogP contribution in [0.2, 0.25) is 5.02 Å². The molecule has 0 spiro atoms. The molecule has 0 N–H and O–H groups in total. The first-order valence-electron chi connectivity index (χ1n) is 8.53. The minimum Gasteiger partial charge on any atom is -0.345 e. The van der Waals surface area contributed by atoms with Crippen LogP contribution in [0.1, 0.15) is 12.8 Å². The van der Waals surface area contributed by atoms with Crippen LogP contribution < -0.4 is 0 Å². The van der Waals surface area contributed by atoms with Gasteiger partial charge in [-0.2, -0.15) is 0 Å². The lowest BCUT2D eigenvalue weighted by atomic mass is 10.0. The van der Waals surface area contributed by atoms with Crippen molar-refractivity contribution in [2.45, 2.75) is 19.4 Å². The predicted octanol–water partition coefficient (Wildman–Crippen LogP) is 6.06. The topological polar surface area (TPSA) is 17.8 Å². The minimum absolute atomic E-state index is 0.265. The van der Waals surface area contributed by atoms with Gasteiger partial charge in [0.1, 0.15) is 5.82 Å². The van der Waals surface area contributed by atoms with Crippen molar-refractivity contribution < 1.29 is 4.39 Å². The molecular formula is C21H16ClFN2. The van der Waals surface area contributed by atoms with E-state index in [1.807, 2.05) is 30.3 Å². The smallest absolute Gasteiger partial charge is 0.125 e. The van der Waals surface area contributed by atoms with Crippen LogP contribution >= 0.6 is 11.6 Å². The summed E-state index contributed by atoms with van der Waals surface area (Å²) in [5.41, 5.74) is 3.68. The molecule has 5 rings (SSSR count). The van der Waals surface area contributed by atoms with E-state index in [-0.39, 0.29) is 5.82 Å². The summed E-state index contributed by atoms with van der Waals surface area (Å²) in [4.78, 5) is 4.82. The molecule has 0 unspecified atom stereocenters. The summed E-state index contributed by atoms with van der Waals surface area (Å²) in [6.45, 7) is 1.01. The van der Waals surface area contributed by atoms with Crippen molar-refractivity contribution in [3.8, 4) is 11.3 Å². The quantitative estimate of drug-likeness (QED) is 0.439. The van der Waals surface area contributed by atoms with Crippen molar-refractivity contribution in [1.82, 2.24) is 9.55 Å². The van der Waals surface area contributed by atoms with Gasteiger partial charge >= 0.3 is 0 Å². The van der Waals surface area contributed by atoms with Crippen molar-refractivity contribution in [2.24, 2.45) is 5.92 Å². The molecular weight excluding hydrogens is 335 g/mol. The number of benzene rings is 2. The molecule has 2 aromatic carbocycles. The standard InChI is InChI=1S/C21H16ClFN2/c22-15-5-3-14(4-6-15)20-21-18(9-10-25(21)12-13-1-2-13)17-8-7-16(23)11-19(17)24-20/h3-11,13H,1-2,12H2. The van der Waals surface area contributed by atoms with Gasteiger partial charge in [0.05, 0.1) is 16.7 Å². The largest absolute Gasteiger partial charge is 0.345 e. The van der Waals surface area contributed by atoms with Crippen LogP contribution in [0.15, 0.2) is 54.7 Å². The second kappa shape index (κ2) is 5.57. The molecule has 1 saturated carbocycles. The highest BCUT2D eigenvalue weighted by Gasteiger charge is 2.23. The Kier molecular flexibility index (Phi) is 3.32. The van der Waals surface area contributed by atoms with E-state index in [1.54, 1.807) is 0 Å². The van der Waals surface area contributed by atoms with Crippen LogP contribution in [0, 0.1) is 11.7 Å². The van der Waals surface area contributed by atoms with Gasteiger partial charge in [-0.25, -0.2) is 9.37 Å². The molecule has 1 aliphatic carbocycles. The summed E-state index contributed by atoms with van der Waals surface area (Å²) in [6.07, 6.45) is 4.72. The first-order valence-corrected chi connectivity index (χ1v) is 8.91. The first kappa shape index (κ1) is 14.9. The number of hydrogen-bond acceptors (Lipinski definition) is 1. The Morgan fingerprint density at radius 3 is 2.60 bits per heavy atom. The molecule has 0 saturated heterocycles. The summed E-state index contributed by atoms with van der Waals surface area (Å²) in [5, 5.41) is 2.81. The number of hydrogen-bond donors (Lipinski definition) is 0. The molecule has 0 aliphatic heterocycles. The van der Waals surface area contributed by atoms with E-state index in [9.17, 15) is 4.39 Å². The maximum Gasteiger partial charge on any atom is 0.125 e. The number of fused-ring (bicyclic) bond motifs is 3. The fraction of sp³-hybridized carbons (Fsp3) is 0.190. The van der Waals surface area contributed by atoms with E-state index < -0.39 is 0 Å². The summed E-state index contributed by atoms with van der Waals surface area (Å²) in [6, 6.07) is 14.7.